The average molecular weight is 224 g/mol. The van der Waals surface area contributed by atoms with Gasteiger partial charge in [0.05, 0.1) is 11.8 Å². The van der Waals surface area contributed by atoms with Crippen molar-refractivity contribution < 1.29 is 5.11 Å². The van der Waals surface area contributed by atoms with Crippen molar-refractivity contribution in [3.63, 3.8) is 0 Å². The van der Waals surface area contributed by atoms with Gasteiger partial charge in [0.2, 0.25) is 0 Å². The van der Waals surface area contributed by atoms with Crippen LogP contribution in [0.15, 0.2) is 29.4 Å². The second-order valence-corrected chi connectivity index (χ2v) is 4.30. The quantitative estimate of drug-likeness (QED) is 0.506. The Labute approximate surface area is 99.2 Å². The SMILES string of the molecule is C=C/C=C(/CN(C)CCC(C)C(C)O)N=C. The molecular weight excluding hydrogens is 200 g/mol. The van der Waals surface area contributed by atoms with Gasteiger partial charge in [0.15, 0.2) is 0 Å². The van der Waals surface area contributed by atoms with E-state index in [4.69, 9.17) is 0 Å². The maximum atomic E-state index is 9.37. The monoisotopic (exact) mass is 224 g/mol. The van der Waals surface area contributed by atoms with E-state index in [2.05, 4.69) is 30.1 Å². The van der Waals surface area contributed by atoms with Crippen molar-refractivity contribution in [3.8, 4) is 0 Å². The molecule has 0 aliphatic heterocycles. The summed E-state index contributed by atoms with van der Waals surface area (Å²) in [5.74, 6) is 0.325. The van der Waals surface area contributed by atoms with Crippen molar-refractivity contribution in [3.05, 3.63) is 24.4 Å². The molecule has 0 aromatic carbocycles. The molecule has 0 bridgehead atoms. The van der Waals surface area contributed by atoms with Crippen molar-refractivity contribution in [1.82, 2.24) is 4.90 Å². The van der Waals surface area contributed by atoms with E-state index in [9.17, 15) is 5.11 Å². The normalized spacial score (nSPS) is 15.9. The molecule has 0 heterocycles. The minimum atomic E-state index is -0.242. The van der Waals surface area contributed by atoms with Gasteiger partial charge >= 0.3 is 0 Å². The number of nitrogens with zero attached hydrogens (tertiary/aromatic N) is 2. The third-order valence-electron chi connectivity index (χ3n) is 2.73. The molecule has 0 aromatic heterocycles. The molecule has 0 rings (SSSR count). The molecule has 92 valence electrons. The highest BCUT2D eigenvalue weighted by Gasteiger charge is 2.10. The molecule has 0 aliphatic carbocycles. The lowest BCUT2D eigenvalue weighted by Gasteiger charge is -2.20. The topological polar surface area (TPSA) is 35.8 Å². The molecule has 0 spiro atoms. The summed E-state index contributed by atoms with van der Waals surface area (Å²) in [6.07, 6.45) is 4.32. The Hall–Kier alpha value is -0.930. The summed E-state index contributed by atoms with van der Waals surface area (Å²) < 4.78 is 0. The van der Waals surface area contributed by atoms with Crippen LogP contribution in [0.25, 0.3) is 0 Å². The molecule has 0 amide bonds. The van der Waals surface area contributed by atoms with E-state index in [1.54, 1.807) is 6.08 Å². The van der Waals surface area contributed by atoms with Crippen molar-refractivity contribution in [1.29, 1.82) is 0 Å². The van der Waals surface area contributed by atoms with Crippen LogP contribution in [0.3, 0.4) is 0 Å². The van der Waals surface area contributed by atoms with Crippen LogP contribution >= 0.6 is 0 Å². The van der Waals surface area contributed by atoms with Gasteiger partial charge in [-0.1, -0.05) is 19.6 Å². The standard InChI is InChI=1S/C13H24N2O/c1-6-7-13(14-4)10-15(5)9-8-11(2)12(3)16/h6-7,11-12,16H,1,4,8-10H2,2-3,5H3/b13-7-. The van der Waals surface area contributed by atoms with Gasteiger partial charge in [-0.2, -0.15) is 0 Å². The zero-order valence-corrected chi connectivity index (χ0v) is 10.7. The van der Waals surface area contributed by atoms with Gasteiger partial charge in [-0.25, -0.2) is 0 Å². The zero-order valence-electron chi connectivity index (χ0n) is 10.7. The highest BCUT2D eigenvalue weighted by atomic mass is 16.3. The highest BCUT2D eigenvalue weighted by molar-refractivity contribution is 5.30. The van der Waals surface area contributed by atoms with Crippen LogP contribution in [-0.2, 0) is 0 Å². The fourth-order valence-electron chi connectivity index (χ4n) is 1.31. The van der Waals surface area contributed by atoms with E-state index in [1.807, 2.05) is 20.0 Å². The fraction of sp³-hybridized carbons (Fsp3) is 0.615. The Morgan fingerprint density at radius 3 is 2.56 bits per heavy atom. The van der Waals surface area contributed by atoms with Crippen LogP contribution in [0, 0.1) is 5.92 Å². The van der Waals surface area contributed by atoms with Gasteiger partial charge in [0, 0.05) is 6.54 Å². The molecule has 16 heavy (non-hydrogen) atoms. The summed E-state index contributed by atoms with van der Waals surface area (Å²) >= 11 is 0. The van der Waals surface area contributed by atoms with Gasteiger partial charge in [0.1, 0.15) is 0 Å². The number of likely N-dealkylation sites (N-methyl/N-ethyl adjacent to an activating group) is 1. The molecule has 0 fully saturated rings. The summed E-state index contributed by atoms with van der Waals surface area (Å²) in [5.41, 5.74) is 0.919. The van der Waals surface area contributed by atoms with E-state index in [0.717, 1.165) is 25.2 Å². The summed E-state index contributed by atoms with van der Waals surface area (Å²) in [5, 5.41) is 9.37. The van der Waals surface area contributed by atoms with Crippen LogP contribution in [0.5, 0.6) is 0 Å². The Morgan fingerprint density at radius 2 is 2.12 bits per heavy atom. The second-order valence-electron chi connectivity index (χ2n) is 4.30. The first-order valence-electron chi connectivity index (χ1n) is 5.66. The van der Waals surface area contributed by atoms with Gasteiger partial charge in [-0.05, 0) is 45.6 Å². The first-order valence-corrected chi connectivity index (χ1v) is 5.66. The van der Waals surface area contributed by atoms with Crippen molar-refractivity contribution in [2.45, 2.75) is 26.4 Å². The lowest BCUT2D eigenvalue weighted by molar-refractivity contribution is 0.123. The molecule has 3 heteroatoms. The van der Waals surface area contributed by atoms with Crippen molar-refractivity contribution in [2.24, 2.45) is 10.9 Å². The lowest BCUT2D eigenvalue weighted by atomic mass is 10.0. The van der Waals surface area contributed by atoms with Crippen LogP contribution in [0.4, 0.5) is 0 Å². The lowest BCUT2D eigenvalue weighted by Crippen LogP contribution is -2.25. The van der Waals surface area contributed by atoms with Gasteiger partial charge in [-0.15, -0.1) is 0 Å². The molecule has 3 nitrogen and oxygen atoms in total. The van der Waals surface area contributed by atoms with Crippen LogP contribution < -0.4 is 0 Å². The van der Waals surface area contributed by atoms with Crippen LogP contribution in [0.1, 0.15) is 20.3 Å². The third kappa shape index (κ3) is 6.53. The van der Waals surface area contributed by atoms with Gasteiger partial charge in [0.25, 0.3) is 0 Å². The van der Waals surface area contributed by atoms with Crippen molar-refractivity contribution in [2.75, 3.05) is 20.1 Å². The summed E-state index contributed by atoms with van der Waals surface area (Å²) in [6.45, 7) is 12.8. The maximum absolute atomic E-state index is 9.37. The first kappa shape index (κ1) is 15.1. The number of hydrogen-bond acceptors (Lipinski definition) is 3. The number of aliphatic hydroxyl groups excluding tert-OH is 1. The second kappa shape index (κ2) is 8.25. The Balaban J connectivity index is 3.98. The van der Waals surface area contributed by atoms with E-state index in [-0.39, 0.29) is 6.10 Å². The number of rotatable bonds is 8. The first-order chi connectivity index (χ1) is 7.51. The molecule has 0 saturated carbocycles. The fourth-order valence-corrected chi connectivity index (χ4v) is 1.31. The van der Waals surface area contributed by atoms with Gasteiger partial charge in [-0.3, -0.25) is 4.99 Å². The smallest absolute Gasteiger partial charge is 0.0538 e. The predicted octanol–water partition coefficient (Wildman–Crippen LogP) is 2.10. The van der Waals surface area contributed by atoms with E-state index < -0.39 is 0 Å². The molecule has 0 aliphatic rings. The van der Waals surface area contributed by atoms with Gasteiger partial charge < -0.3 is 10.0 Å². The highest BCUT2D eigenvalue weighted by Crippen LogP contribution is 2.09. The zero-order chi connectivity index (χ0) is 12.6. The van der Waals surface area contributed by atoms with Crippen molar-refractivity contribution >= 4 is 6.72 Å². The van der Waals surface area contributed by atoms with E-state index in [1.165, 1.54) is 0 Å². The molecular formula is C13H24N2O. The Morgan fingerprint density at radius 1 is 1.50 bits per heavy atom. The Bertz CT molecular complexity index is 246. The van der Waals surface area contributed by atoms with E-state index >= 15 is 0 Å². The number of aliphatic hydroxyl groups is 1. The minimum Gasteiger partial charge on any atom is -0.393 e. The largest absolute Gasteiger partial charge is 0.393 e. The average Bonchev–Trinajstić information content (AvgIpc) is 2.24. The number of hydrogen-bond donors (Lipinski definition) is 1. The minimum absolute atomic E-state index is 0.242. The molecule has 2 unspecified atom stereocenters. The molecule has 2 atom stereocenters. The maximum Gasteiger partial charge on any atom is 0.0538 e. The number of aliphatic imine (C=N–C) groups is 1. The Kier molecular flexibility index (Phi) is 7.77. The summed E-state index contributed by atoms with van der Waals surface area (Å²) in [7, 11) is 2.04. The van der Waals surface area contributed by atoms with Crippen LogP contribution in [0.2, 0.25) is 0 Å². The molecule has 0 aromatic rings. The number of allylic oxidation sites excluding steroid dienone is 2. The predicted molar refractivity (Wildman–Crippen MR) is 70.8 cm³/mol. The summed E-state index contributed by atoms with van der Waals surface area (Å²) in [6, 6.07) is 0. The molecule has 0 radical (unpaired) electrons. The van der Waals surface area contributed by atoms with Crippen LogP contribution in [-0.4, -0.2) is 43.0 Å². The molecule has 0 saturated heterocycles. The summed E-state index contributed by atoms with van der Waals surface area (Å²) in [4.78, 5) is 6.10. The third-order valence-corrected chi connectivity index (χ3v) is 2.73. The molecule has 1 N–H and O–H groups in total. The van der Waals surface area contributed by atoms with E-state index in [0.29, 0.717) is 5.92 Å².